The summed E-state index contributed by atoms with van der Waals surface area (Å²) < 4.78 is 0. The highest BCUT2D eigenvalue weighted by Crippen LogP contribution is 2.12. The molecule has 0 radical (unpaired) electrons. The number of carbonyl (C=O) groups excluding carboxylic acids is 1. The number of carbonyl (C=O) groups is 1. The summed E-state index contributed by atoms with van der Waals surface area (Å²) in [6, 6.07) is 13.5. The van der Waals surface area contributed by atoms with Crippen LogP contribution >= 0.6 is 24.0 Å². The molecule has 1 fully saturated rings. The SMILES string of the molecule is I.O=C(CN=C(Nc1ccccc1)N1CCCCC1)Nc1cccnc1. The lowest BCUT2D eigenvalue weighted by atomic mass is 10.1. The van der Waals surface area contributed by atoms with Crippen LogP contribution in [0.5, 0.6) is 0 Å². The summed E-state index contributed by atoms with van der Waals surface area (Å²) in [4.78, 5) is 22.9. The number of hydrogen-bond donors (Lipinski definition) is 2. The topological polar surface area (TPSA) is 69.6 Å². The van der Waals surface area contributed by atoms with E-state index in [9.17, 15) is 4.79 Å². The number of likely N-dealkylation sites (tertiary alicyclic amines) is 1. The van der Waals surface area contributed by atoms with Crippen molar-refractivity contribution in [1.29, 1.82) is 0 Å². The van der Waals surface area contributed by atoms with Crippen molar-refractivity contribution in [3.8, 4) is 0 Å². The molecule has 6 nitrogen and oxygen atoms in total. The van der Waals surface area contributed by atoms with Gasteiger partial charge in [0.1, 0.15) is 6.54 Å². The molecule has 0 aliphatic carbocycles. The zero-order chi connectivity index (χ0) is 17.3. The Labute approximate surface area is 171 Å². The first-order valence-corrected chi connectivity index (χ1v) is 8.62. The molecule has 0 unspecified atom stereocenters. The van der Waals surface area contributed by atoms with E-state index >= 15 is 0 Å². The molecule has 2 heterocycles. The van der Waals surface area contributed by atoms with Crippen LogP contribution < -0.4 is 10.6 Å². The smallest absolute Gasteiger partial charge is 0.246 e. The average molecular weight is 465 g/mol. The maximum Gasteiger partial charge on any atom is 0.246 e. The van der Waals surface area contributed by atoms with Crippen LogP contribution in [0.3, 0.4) is 0 Å². The van der Waals surface area contributed by atoms with E-state index in [0.29, 0.717) is 5.69 Å². The molecule has 0 atom stereocenters. The van der Waals surface area contributed by atoms with Gasteiger partial charge in [0.25, 0.3) is 0 Å². The Kier molecular flexibility index (Phi) is 8.33. The van der Waals surface area contributed by atoms with Crippen LogP contribution in [0.25, 0.3) is 0 Å². The lowest BCUT2D eigenvalue weighted by molar-refractivity contribution is -0.114. The third kappa shape index (κ3) is 6.29. The summed E-state index contributed by atoms with van der Waals surface area (Å²) >= 11 is 0. The molecule has 3 rings (SSSR count). The molecule has 138 valence electrons. The quantitative estimate of drug-likeness (QED) is 0.412. The van der Waals surface area contributed by atoms with E-state index in [1.165, 1.54) is 6.42 Å². The van der Waals surface area contributed by atoms with Gasteiger partial charge in [0.05, 0.1) is 11.9 Å². The highest BCUT2D eigenvalue weighted by Gasteiger charge is 2.15. The van der Waals surface area contributed by atoms with Gasteiger partial charge in [-0.05, 0) is 43.5 Å². The summed E-state index contributed by atoms with van der Waals surface area (Å²) in [5.41, 5.74) is 1.65. The molecule has 1 saturated heterocycles. The fourth-order valence-corrected chi connectivity index (χ4v) is 2.76. The molecule has 0 spiro atoms. The van der Waals surface area contributed by atoms with Crippen molar-refractivity contribution in [3.63, 3.8) is 0 Å². The van der Waals surface area contributed by atoms with Gasteiger partial charge in [-0.1, -0.05) is 18.2 Å². The first-order valence-electron chi connectivity index (χ1n) is 8.62. The zero-order valence-corrected chi connectivity index (χ0v) is 16.9. The normalized spacial score (nSPS) is 14.3. The van der Waals surface area contributed by atoms with E-state index in [1.54, 1.807) is 18.5 Å². The second-order valence-electron chi connectivity index (χ2n) is 5.97. The van der Waals surface area contributed by atoms with E-state index < -0.39 is 0 Å². The number of piperidine rings is 1. The highest BCUT2D eigenvalue weighted by molar-refractivity contribution is 14.0. The Hall–Kier alpha value is -2.16. The average Bonchev–Trinajstić information content (AvgIpc) is 2.67. The third-order valence-corrected chi connectivity index (χ3v) is 4.00. The van der Waals surface area contributed by atoms with Crippen LogP contribution in [0.2, 0.25) is 0 Å². The molecular weight excluding hydrogens is 441 g/mol. The summed E-state index contributed by atoms with van der Waals surface area (Å²) in [7, 11) is 0. The Morgan fingerprint density at radius 1 is 1.00 bits per heavy atom. The summed E-state index contributed by atoms with van der Waals surface area (Å²) in [5.74, 6) is 0.601. The standard InChI is InChI=1S/C19H23N5O.HI/c25-18(22-17-10-7-11-20-14-17)15-21-19(24-12-5-2-6-13-24)23-16-8-3-1-4-9-16;/h1,3-4,7-11,14H,2,5-6,12-13,15H2,(H,21,23)(H,22,25);1H. The number of aliphatic imine (C=N–C) groups is 1. The molecule has 26 heavy (non-hydrogen) atoms. The molecule has 1 aliphatic rings. The Morgan fingerprint density at radius 3 is 2.42 bits per heavy atom. The zero-order valence-electron chi connectivity index (χ0n) is 14.6. The van der Waals surface area contributed by atoms with Crippen LogP contribution in [-0.2, 0) is 4.79 Å². The fourth-order valence-electron chi connectivity index (χ4n) is 2.76. The molecule has 2 aromatic rings. The monoisotopic (exact) mass is 465 g/mol. The number of nitrogens with zero attached hydrogens (tertiary/aromatic N) is 3. The summed E-state index contributed by atoms with van der Waals surface area (Å²) in [6.07, 6.45) is 6.84. The number of rotatable bonds is 4. The van der Waals surface area contributed by atoms with Crippen molar-refractivity contribution in [3.05, 3.63) is 54.9 Å². The molecular formula is C19H24IN5O. The summed E-state index contributed by atoms with van der Waals surface area (Å²) in [6.45, 7) is 1.99. The van der Waals surface area contributed by atoms with Crippen molar-refractivity contribution in [2.75, 3.05) is 30.3 Å². The number of amides is 1. The van der Waals surface area contributed by atoms with Gasteiger partial charge in [-0.3, -0.25) is 9.78 Å². The van der Waals surface area contributed by atoms with E-state index in [-0.39, 0.29) is 36.4 Å². The Morgan fingerprint density at radius 2 is 1.73 bits per heavy atom. The van der Waals surface area contributed by atoms with Crippen LogP contribution in [0.1, 0.15) is 19.3 Å². The number of aromatic nitrogens is 1. The molecule has 7 heteroatoms. The number of guanidine groups is 1. The molecule has 1 aliphatic heterocycles. The fraction of sp³-hybridized carbons (Fsp3) is 0.316. The van der Waals surface area contributed by atoms with E-state index in [1.807, 2.05) is 36.4 Å². The summed E-state index contributed by atoms with van der Waals surface area (Å²) in [5, 5.41) is 6.16. The van der Waals surface area contributed by atoms with Crippen LogP contribution in [-0.4, -0.2) is 41.4 Å². The number of hydrogen-bond acceptors (Lipinski definition) is 3. The van der Waals surface area contributed by atoms with Crippen molar-refractivity contribution in [2.45, 2.75) is 19.3 Å². The van der Waals surface area contributed by atoms with Gasteiger partial charge >= 0.3 is 0 Å². The van der Waals surface area contributed by atoms with Crippen molar-refractivity contribution >= 4 is 47.2 Å². The van der Waals surface area contributed by atoms with Crippen molar-refractivity contribution in [1.82, 2.24) is 9.88 Å². The first kappa shape index (κ1) is 20.2. The minimum atomic E-state index is -0.155. The minimum Gasteiger partial charge on any atom is -0.343 e. The molecule has 2 N–H and O–H groups in total. The molecule has 0 saturated carbocycles. The van der Waals surface area contributed by atoms with E-state index in [4.69, 9.17) is 0 Å². The largest absolute Gasteiger partial charge is 0.343 e. The van der Waals surface area contributed by atoms with Gasteiger partial charge < -0.3 is 15.5 Å². The molecule has 1 aromatic carbocycles. The number of pyridine rings is 1. The predicted molar refractivity (Wildman–Crippen MR) is 116 cm³/mol. The predicted octanol–water partition coefficient (Wildman–Crippen LogP) is 3.59. The van der Waals surface area contributed by atoms with Crippen LogP contribution in [0.15, 0.2) is 59.9 Å². The molecule has 0 bridgehead atoms. The highest BCUT2D eigenvalue weighted by atomic mass is 127. The van der Waals surface area contributed by atoms with Crippen LogP contribution in [0.4, 0.5) is 11.4 Å². The van der Waals surface area contributed by atoms with E-state index in [0.717, 1.165) is 37.6 Å². The van der Waals surface area contributed by atoms with Gasteiger partial charge in [-0.2, -0.15) is 0 Å². The van der Waals surface area contributed by atoms with E-state index in [2.05, 4.69) is 25.5 Å². The van der Waals surface area contributed by atoms with Gasteiger partial charge in [-0.15, -0.1) is 24.0 Å². The second kappa shape index (κ2) is 10.7. The third-order valence-electron chi connectivity index (χ3n) is 4.00. The van der Waals surface area contributed by atoms with Crippen LogP contribution in [0, 0.1) is 0 Å². The number of nitrogens with one attached hydrogen (secondary N) is 2. The first-order chi connectivity index (χ1) is 12.3. The lowest BCUT2D eigenvalue weighted by Gasteiger charge is -2.30. The Bertz CT molecular complexity index is 702. The van der Waals surface area contributed by atoms with Crippen molar-refractivity contribution in [2.24, 2.45) is 4.99 Å². The van der Waals surface area contributed by atoms with Gasteiger partial charge in [0, 0.05) is 25.0 Å². The van der Waals surface area contributed by atoms with Gasteiger partial charge in [0.2, 0.25) is 5.91 Å². The minimum absolute atomic E-state index is 0. The molecule has 1 aromatic heterocycles. The second-order valence-corrected chi connectivity index (χ2v) is 5.97. The number of para-hydroxylation sites is 1. The number of halogens is 1. The Balaban J connectivity index is 0.00000243. The molecule has 1 amide bonds. The maximum atomic E-state index is 12.2. The number of anilines is 2. The number of benzene rings is 1. The lowest BCUT2D eigenvalue weighted by Crippen LogP contribution is -2.40. The van der Waals surface area contributed by atoms with Crippen molar-refractivity contribution < 1.29 is 4.79 Å². The van der Waals surface area contributed by atoms with Gasteiger partial charge in [0.15, 0.2) is 5.96 Å². The maximum absolute atomic E-state index is 12.2. The van der Waals surface area contributed by atoms with Gasteiger partial charge in [-0.25, -0.2) is 4.99 Å².